The minimum Gasteiger partial charge on any atom is -0.398 e. The van der Waals surface area contributed by atoms with E-state index in [1.807, 2.05) is 25.1 Å². The van der Waals surface area contributed by atoms with E-state index in [-0.39, 0.29) is 6.04 Å². The van der Waals surface area contributed by atoms with Crippen LogP contribution < -0.4 is 17.0 Å². The van der Waals surface area contributed by atoms with Crippen molar-refractivity contribution in [3.05, 3.63) is 58.4 Å². The maximum absolute atomic E-state index is 5.96. The molecule has 0 amide bonds. The van der Waals surface area contributed by atoms with Crippen LogP contribution in [0.3, 0.4) is 0 Å². The summed E-state index contributed by atoms with van der Waals surface area (Å²) in [5, 5.41) is 0.606. The number of anilines is 1. The lowest BCUT2D eigenvalue weighted by Gasteiger charge is -2.18. The van der Waals surface area contributed by atoms with Crippen LogP contribution in [0, 0.1) is 6.92 Å². The lowest BCUT2D eigenvalue weighted by Crippen LogP contribution is -2.29. The van der Waals surface area contributed by atoms with Crippen LogP contribution in [0.25, 0.3) is 0 Å². The van der Waals surface area contributed by atoms with Gasteiger partial charge in [0.1, 0.15) is 0 Å². The summed E-state index contributed by atoms with van der Waals surface area (Å²) in [5.41, 5.74) is 12.1. The Morgan fingerprint density at radius 3 is 2.61 bits per heavy atom. The number of rotatable bonds is 3. The van der Waals surface area contributed by atoms with Gasteiger partial charge in [0.25, 0.3) is 0 Å². The van der Waals surface area contributed by atoms with Gasteiger partial charge in [-0.25, -0.2) is 5.43 Å². The molecule has 0 radical (unpaired) electrons. The molecular formula is C13H15ClN4. The number of hydrazine groups is 1. The van der Waals surface area contributed by atoms with Crippen LogP contribution in [-0.2, 0) is 0 Å². The Labute approximate surface area is 111 Å². The number of hydrogen-bond donors (Lipinski definition) is 3. The van der Waals surface area contributed by atoms with Gasteiger partial charge in [-0.3, -0.25) is 10.8 Å². The molecule has 0 aliphatic carbocycles. The summed E-state index contributed by atoms with van der Waals surface area (Å²) >= 11 is 5.89. The summed E-state index contributed by atoms with van der Waals surface area (Å²) < 4.78 is 0. The first kappa shape index (κ1) is 12.8. The summed E-state index contributed by atoms with van der Waals surface area (Å²) in [6.07, 6.45) is 1.79. The number of hydrogen-bond acceptors (Lipinski definition) is 4. The van der Waals surface area contributed by atoms with Crippen molar-refractivity contribution in [2.45, 2.75) is 13.0 Å². The topological polar surface area (TPSA) is 77.0 Å². The summed E-state index contributed by atoms with van der Waals surface area (Å²) in [6, 6.07) is 9.08. The maximum Gasteiger partial charge on any atom is 0.0744 e. The zero-order chi connectivity index (χ0) is 13.1. The normalized spacial score (nSPS) is 12.4. The molecule has 1 aromatic carbocycles. The predicted octanol–water partition coefficient (Wildman–Crippen LogP) is 2.18. The third kappa shape index (κ3) is 2.61. The molecule has 0 aliphatic rings. The number of aromatic nitrogens is 1. The molecule has 1 aromatic heterocycles. The third-order valence-corrected chi connectivity index (χ3v) is 3.03. The average molecular weight is 263 g/mol. The molecule has 5 heteroatoms. The Bertz CT molecular complexity index is 539. The van der Waals surface area contributed by atoms with Crippen LogP contribution in [0.5, 0.6) is 0 Å². The first-order valence-corrected chi connectivity index (χ1v) is 5.93. The van der Waals surface area contributed by atoms with Gasteiger partial charge < -0.3 is 5.73 Å². The van der Waals surface area contributed by atoms with Gasteiger partial charge >= 0.3 is 0 Å². The van der Waals surface area contributed by atoms with E-state index in [1.165, 1.54) is 0 Å². The number of nitrogens with zero attached hydrogens (tertiary/aromatic N) is 1. The van der Waals surface area contributed by atoms with Gasteiger partial charge in [-0.05, 0) is 36.2 Å². The van der Waals surface area contributed by atoms with Gasteiger partial charge in [-0.2, -0.15) is 0 Å². The SMILES string of the molecule is Cc1ccc(C(NN)c2ccc(Cl)cc2N)cn1. The number of nitrogen functional groups attached to an aromatic ring is 1. The first-order valence-electron chi connectivity index (χ1n) is 5.55. The molecule has 0 fully saturated rings. The lowest BCUT2D eigenvalue weighted by molar-refractivity contribution is 0.636. The van der Waals surface area contributed by atoms with Gasteiger partial charge in [0.2, 0.25) is 0 Å². The highest BCUT2D eigenvalue weighted by atomic mass is 35.5. The molecule has 1 atom stereocenters. The van der Waals surface area contributed by atoms with Crippen LogP contribution in [0.2, 0.25) is 5.02 Å². The Balaban J connectivity index is 2.41. The van der Waals surface area contributed by atoms with E-state index < -0.39 is 0 Å². The highest BCUT2D eigenvalue weighted by molar-refractivity contribution is 6.30. The smallest absolute Gasteiger partial charge is 0.0744 e. The van der Waals surface area contributed by atoms with Crippen molar-refractivity contribution in [1.29, 1.82) is 0 Å². The second-order valence-corrected chi connectivity index (χ2v) is 4.54. The van der Waals surface area contributed by atoms with E-state index in [4.69, 9.17) is 23.2 Å². The van der Waals surface area contributed by atoms with Crippen LogP contribution in [0.4, 0.5) is 5.69 Å². The Kier molecular flexibility index (Phi) is 3.81. The Morgan fingerprint density at radius 2 is 2.06 bits per heavy atom. The van der Waals surface area contributed by atoms with E-state index in [2.05, 4.69) is 10.4 Å². The van der Waals surface area contributed by atoms with Gasteiger partial charge in [0.05, 0.1) is 6.04 Å². The van der Waals surface area contributed by atoms with Crippen molar-refractivity contribution in [2.75, 3.05) is 5.73 Å². The molecule has 5 N–H and O–H groups in total. The number of nitrogens with one attached hydrogen (secondary N) is 1. The van der Waals surface area contributed by atoms with Crippen molar-refractivity contribution in [3.63, 3.8) is 0 Å². The van der Waals surface area contributed by atoms with E-state index in [0.717, 1.165) is 16.8 Å². The summed E-state index contributed by atoms with van der Waals surface area (Å²) in [7, 11) is 0. The molecule has 1 unspecified atom stereocenters. The zero-order valence-corrected chi connectivity index (χ0v) is 10.8. The number of aryl methyl sites for hydroxylation is 1. The minimum absolute atomic E-state index is 0.199. The summed E-state index contributed by atoms with van der Waals surface area (Å²) in [6.45, 7) is 1.94. The quantitative estimate of drug-likeness (QED) is 0.450. The highest BCUT2D eigenvalue weighted by Gasteiger charge is 2.15. The molecule has 1 heterocycles. The third-order valence-electron chi connectivity index (χ3n) is 2.79. The van der Waals surface area contributed by atoms with Gasteiger partial charge in [0, 0.05) is 22.6 Å². The van der Waals surface area contributed by atoms with Crippen LogP contribution in [0.1, 0.15) is 22.9 Å². The Hall–Kier alpha value is -1.62. The Morgan fingerprint density at radius 1 is 1.28 bits per heavy atom. The fraction of sp³-hybridized carbons (Fsp3) is 0.154. The van der Waals surface area contributed by atoms with Crippen molar-refractivity contribution in [3.8, 4) is 0 Å². The fourth-order valence-corrected chi connectivity index (χ4v) is 2.00. The first-order chi connectivity index (χ1) is 8.61. The maximum atomic E-state index is 5.96. The number of nitrogens with two attached hydrogens (primary N) is 2. The molecule has 0 aliphatic heterocycles. The monoisotopic (exact) mass is 262 g/mol. The molecule has 4 nitrogen and oxygen atoms in total. The van der Waals surface area contributed by atoms with Crippen molar-refractivity contribution >= 4 is 17.3 Å². The number of halogens is 1. The molecular weight excluding hydrogens is 248 g/mol. The molecule has 0 bridgehead atoms. The minimum atomic E-state index is -0.199. The van der Waals surface area contributed by atoms with E-state index >= 15 is 0 Å². The van der Waals surface area contributed by atoms with Crippen molar-refractivity contribution in [1.82, 2.24) is 10.4 Å². The molecule has 2 aromatic rings. The number of pyridine rings is 1. The lowest BCUT2D eigenvalue weighted by atomic mass is 9.99. The molecule has 94 valence electrons. The molecule has 2 rings (SSSR count). The van der Waals surface area contributed by atoms with Gasteiger partial charge in [0.15, 0.2) is 0 Å². The van der Waals surface area contributed by atoms with Crippen LogP contribution in [0.15, 0.2) is 36.5 Å². The molecule has 0 saturated carbocycles. The van der Waals surface area contributed by atoms with E-state index in [0.29, 0.717) is 10.7 Å². The van der Waals surface area contributed by atoms with Crippen LogP contribution in [-0.4, -0.2) is 4.98 Å². The second kappa shape index (κ2) is 5.35. The summed E-state index contributed by atoms with van der Waals surface area (Å²) in [5.74, 6) is 5.62. The van der Waals surface area contributed by atoms with Crippen LogP contribution >= 0.6 is 11.6 Å². The van der Waals surface area contributed by atoms with E-state index in [1.54, 1.807) is 18.3 Å². The molecule has 18 heavy (non-hydrogen) atoms. The van der Waals surface area contributed by atoms with Crippen molar-refractivity contribution < 1.29 is 0 Å². The van der Waals surface area contributed by atoms with Gasteiger partial charge in [-0.1, -0.05) is 23.7 Å². The van der Waals surface area contributed by atoms with Gasteiger partial charge in [-0.15, -0.1) is 0 Å². The standard InChI is InChI=1S/C13H15ClN4/c1-8-2-3-9(7-17-8)13(18-16)11-5-4-10(14)6-12(11)15/h2-7,13,18H,15-16H2,1H3. The van der Waals surface area contributed by atoms with E-state index in [9.17, 15) is 0 Å². The predicted molar refractivity (Wildman–Crippen MR) is 74.0 cm³/mol. The molecule has 0 spiro atoms. The van der Waals surface area contributed by atoms with Crippen molar-refractivity contribution in [2.24, 2.45) is 5.84 Å². The largest absolute Gasteiger partial charge is 0.398 e. The second-order valence-electron chi connectivity index (χ2n) is 4.11. The highest BCUT2D eigenvalue weighted by Crippen LogP contribution is 2.28. The zero-order valence-electron chi connectivity index (χ0n) is 10.0. The summed E-state index contributed by atoms with van der Waals surface area (Å²) in [4.78, 5) is 4.26. The number of benzene rings is 1. The average Bonchev–Trinajstić information content (AvgIpc) is 2.35. The molecule has 0 saturated heterocycles. The fourth-order valence-electron chi connectivity index (χ4n) is 1.82.